The summed E-state index contributed by atoms with van der Waals surface area (Å²) in [4.78, 5) is 10.4. The number of nitrogens with zero attached hydrogens (tertiary/aromatic N) is 3. The van der Waals surface area contributed by atoms with Crippen LogP contribution in [0, 0.1) is 6.92 Å². The molecule has 8 aromatic carbocycles. The molecular formula is C63H55N3O. The Hall–Kier alpha value is -7.82. The third kappa shape index (κ3) is 8.48. The van der Waals surface area contributed by atoms with Crippen LogP contribution in [0.5, 0.6) is 5.75 Å². The second kappa shape index (κ2) is 17.2. The van der Waals surface area contributed by atoms with Gasteiger partial charge in [0.25, 0.3) is 0 Å². The van der Waals surface area contributed by atoms with Crippen molar-refractivity contribution < 1.29 is 17.4 Å². The molecule has 0 saturated carbocycles. The molecule has 0 aliphatic carbocycles. The predicted molar refractivity (Wildman–Crippen MR) is 281 cm³/mol. The second-order valence-electron chi connectivity index (χ2n) is 18.3. The standard InChI is InChI=1S/C63H55N3O/c1-41-34-54(60(67)55(35-41)63(5,6)7)61-65-59-52(24-17-25-58(59)66(61)57-31-30-51(62(2,3)4)40-53(57)46-22-15-10-16-23-46)49-36-48(43-20-13-9-14-21-43)37-50(38-49)56-39-47(32-33-64-56)45-28-26-44(27-29-45)42-18-11-8-12-19-42/h8-40,67H,1-7H3/i2D3,3D3,4D3. The molecule has 0 radical (unpaired) electrons. The van der Waals surface area contributed by atoms with Crippen LogP contribution in [-0.2, 0) is 10.8 Å². The van der Waals surface area contributed by atoms with Crippen LogP contribution in [0.15, 0.2) is 200 Å². The summed E-state index contributed by atoms with van der Waals surface area (Å²) in [6.45, 7) is -2.45. The molecule has 0 fully saturated rings. The summed E-state index contributed by atoms with van der Waals surface area (Å²) in [6, 6.07) is 62.3. The van der Waals surface area contributed by atoms with Crippen LogP contribution in [0.25, 0.3) is 95.0 Å². The number of imidazole rings is 1. The first-order valence-electron chi connectivity index (χ1n) is 26.9. The normalized spacial score (nSPS) is 14.4. The first kappa shape index (κ1) is 33.6. The summed E-state index contributed by atoms with van der Waals surface area (Å²) in [7, 11) is 0. The van der Waals surface area contributed by atoms with E-state index in [9.17, 15) is 5.11 Å². The molecule has 0 saturated heterocycles. The van der Waals surface area contributed by atoms with E-state index in [-0.39, 0.29) is 11.3 Å². The van der Waals surface area contributed by atoms with E-state index in [4.69, 9.17) is 22.3 Å². The van der Waals surface area contributed by atoms with E-state index in [0.717, 1.165) is 61.3 Å². The molecule has 2 aromatic heterocycles. The highest BCUT2D eigenvalue weighted by Gasteiger charge is 2.27. The number of fused-ring (bicyclic) bond motifs is 1. The number of hydrogen-bond acceptors (Lipinski definition) is 3. The maximum Gasteiger partial charge on any atom is 0.149 e. The zero-order valence-corrected chi connectivity index (χ0v) is 37.8. The summed E-state index contributed by atoms with van der Waals surface area (Å²) >= 11 is 0. The van der Waals surface area contributed by atoms with Crippen molar-refractivity contribution in [3.8, 4) is 89.7 Å². The summed E-state index contributed by atoms with van der Waals surface area (Å²) in [5, 5.41) is 12.4. The van der Waals surface area contributed by atoms with Crippen molar-refractivity contribution in [2.24, 2.45) is 0 Å². The maximum absolute atomic E-state index is 12.4. The van der Waals surface area contributed by atoms with Crippen molar-refractivity contribution in [1.82, 2.24) is 14.5 Å². The second-order valence-corrected chi connectivity index (χ2v) is 18.3. The minimum atomic E-state index is -3.49. The van der Waals surface area contributed by atoms with Gasteiger partial charge in [-0.05, 0) is 128 Å². The number of rotatable bonds is 8. The third-order valence-corrected chi connectivity index (χ3v) is 12.5. The van der Waals surface area contributed by atoms with Gasteiger partial charge in [0.05, 0.1) is 28.0 Å². The van der Waals surface area contributed by atoms with Crippen molar-refractivity contribution in [2.75, 3.05) is 0 Å². The number of aromatic nitrogens is 3. The van der Waals surface area contributed by atoms with Crippen LogP contribution < -0.4 is 0 Å². The van der Waals surface area contributed by atoms with E-state index in [1.54, 1.807) is 30.3 Å². The summed E-state index contributed by atoms with van der Waals surface area (Å²) in [5.74, 6) is 0.370. The van der Waals surface area contributed by atoms with Gasteiger partial charge < -0.3 is 5.11 Å². The van der Waals surface area contributed by atoms with E-state index >= 15 is 0 Å². The fourth-order valence-electron chi connectivity index (χ4n) is 9.07. The number of hydrogen-bond donors (Lipinski definition) is 1. The van der Waals surface area contributed by atoms with E-state index in [0.29, 0.717) is 44.8 Å². The van der Waals surface area contributed by atoms with Gasteiger partial charge >= 0.3 is 0 Å². The van der Waals surface area contributed by atoms with Gasteiger partial charge in [-0.2, -0.15) is 0 Å². The molecule has 0 amide bonds. The summed E-state index contributed by atoms with van der Waals surface area (Å²) in [6.07, 6.45) is 1.83. The first-order chi connectivity index (χ1) is 36.0. The molecule has 328 valence electrons. The molecule has 4 nitrogen and oxygen atoms in total. The molecule has 0 atom stereocenters. The minimum Gasteiger partial charge on any atom is -0.507 e. The van der Waals surface area contributed by atoms with Crippen molar-refractivity contribution >= 4 is 11.0 Å². The lowest BCUT2D eigenvalue weighted by Crippen LogP contribution is -2.13. The van der Waals surface area contributed by atoms with Gasteiger partial charge in [0.2, 0.25) is 0 Å². The van der Waals surface area contributed by atoms with Gasteiger partial charge in [-0.1, -0.05) is 181 Å². The molecular weight excluding hydrogens is 815 g/mol. The molecule has 0 bridgehead atoms. The highest BCUT2D eigenvalue weighted by atomic mass is 16.3. The lowest BCUT2D eigenvalue weighted by atomic mass is 9.84. The number of aryl methyl sites for hydroxylation is 1. The molecule has 0 spiro atoms. The average molecular weight is 879 g/mol. The zero-order valence-electron chi connectivity index (χ0n) is 46.8. The Kier molecular flexibility index (Phi) is 8.63. The topological polar surface area (TPSA) is 50.9 Å². The highest BCUT2D eigenvalue weighted by Crippen LogP contribution is 2.45. The Balaban J connectivity index is 1.24. The number of pyridine rings is 1. The molecule has 4 heteroatoms. The fraction of sp³-hybridized carbons (Fsp3) is 0.143. The van der Waals surface area contributed by atoms with E-state index in [1.807, 2.05) is 117 Å². The molecule has 10 rings (SSSR count). The van der Waals surface area contributed by atoms with Crippen LogP contribution in [0.4, 0.5) is 0 Å². The Morgan fingerprint density at radius 1 is 0.478 bits per heavy atom. The van der Waals surface area contributed by atoms with Crippen LogP contribution in [0.3, 0.4) is 0 Å². The zero-order chi connectivity index (χ0) is 54.0. The molecule has 0 aliphatic rings. The van der Waals surface area contributed by atoms with Gasteiger partial charge in [-0.25, -0.2) is 4.98 Å². The smallest absolute Gasteiger partial charge is 0.149 e. The highest BCUT2D eigenvalue weighted by molar-refractivity contribution is 5.98. The lowest BCUT2D eigenvalue weighted by Gasteiger charge is -2.24. The van der Waals surface area contributed by atoms with Crippen LogP contribution in [0.1, 0.15) is 70.4 Å². The summed E-state index contributed by atoms with van der Waals surface area (Å²) in [5.41, 5.74) is 9.84. The van der Waals surface area contributed by atoms with E-state index < -0.39 is 31.4 Å². The first-order valence-corrected chi connectivity index (χ1v) is 22.4. The average Bonchev–Trinajstić information content (AvgIpc) is 3.88. The maximum atomic E-state index is 12.4. The molecule has 0 unspecified atom stereocenters. The van der Waals surface area contributed by atoms with Crippen LogP contribution in [-0.4, -0.2) is 19.6 Å². The largest absolute Gasteiger partial charge is 0.507 e. The predicted octanol–water partition coefficient (Wildman–Crippen LogP) is 16.7. The number of phenols is 1. The van der Waals surface area contributed by atoms with Gasteiger partial charge in [-0.3, -0.25) is 9.55 Å². The van der Waals surface area contributed by atoms with Crippen LogP contribution >= 0.6 is 0 Å². The van der Waals surface area contributed by atoms with Crippen molar-refractivity contribution in [2.45, 2.75) is 59.1 Å². The quantitative estimate of drug-likeness (QED) is 0.165. The number of phenolic OH excluding ortho intramolecular Hbond substituents is 1. The molecule has 10 aromatic rings. The SMILES string of the molecule is [2H]C([2H])([2H])C(c1ccc(-n2c(-c3cc(C)cc(C(C)(C)C)c3O)nc3c(-c4cc(-c5ccccc5)cc(-c5cc(-c6ccc(-c7ccccc7)cc6)ccn5)c4)cccc32)c(-c2ccccc2)c1)(C([2H])([2H])[2H])C([2H])([2H])[2H]. The molecule has 0 aliphatic heterocycles. The fourth-order valence-corrected chi connectivity index (χ4v) is 9.07. The Morgan fingerprint density at radius 3 is 1.73 bits per heavy atom. The minimum absolute atomic E-state index is 0.0225. The van der Waals surface area contributed by atoms with E-state index in [1.165, 1.54) is 12.1 Å². The molecule has 2 heterocycles. The third-order valence-electron chi connectivity index (χ3n) is 12.5. The van der Waals surface area contributed by atoms with Gasteiger partial charge in [-0.15, -0.1) is 0 Å². The van der Waals surface area contributed by atoms with Gasteiger partial charge in [0, 0.05) is 40.8 Å². The Labute approximate surface area is 407 Å². The van der Waals surface area contributed by atoms with Crippen molar-refractivity contribution in [3.05, 3.63) is 217 Å². The Bertz CT molecular complexity index is 3730. The van der Waals surface area contributed by atoms with Crippen molar-refractivity contribution in [1.29, 1.82) is 0 Å². The molecule has 67 heavy (non-hydrogen) atoms. The van der Waals surface area contributed by atoms with E-state index in [2.05, 4.69) is 72.8 Å². The molecule has 1 N–H and O–H groups in total. The van der Waals surface area contributed by atoms with Crippen molar-refractivity contribution in [3.63, 3.8) is 0 Å². The lowest BCUT2D eigenvalue weighted by molar-refractivity contribution is 0.448. The number of para-hydroxylation sites is 1. The number of aromatic hydroxyl groups is 1. The number of benzene rings is 8. The summed E-state index contributed by atoms with van der Waals surface area (Å²) < 4.78 is 79.5. The van der Waals surface area contributed by atoms with Gasteiger partial charge in [0.1, 0.15) is 11.6 Å². The monoisotopic (exact) mass is 878 g/mol. The van der Waals surface area contributed by atoms with Crippen LogP contribution in [0.2, 0.25) is 0 Å². The Morgan fingerprint density at radius 2 is 1.07 bits per heavy atom. The van der Waals surface area contributed by atoms with Gasteiger partial charge in [0.15, 0.2) is 0 Å².